The van der Waals surface area contributed by atoms with Crippen LogP contribution < -0.4 is 4.74 Å². The third-order valence-corrected chi connectivity index (χ3v) is 6.20. The van der Waals surface area contributed by atoms with Crippen molar-refractivity contribution in [3.63, 3.8) is 0 Å². The number of ether oxygens (including phenoxy) is 2. The van der Waals surface area contributed by atoms with Crippen molar-refractivity contribution in [1.82, 2.24) is 4.90 Å². The average Bonchev–Trinajstić information content (AvgIpc) is 3.23. The van der Waals surface area contributed by atoms with Crippen LogP contribution in [-0.2, 0) is 14.3 Å². The molecule has 1 aromatic carbocycles. The van der Waals surface area contributed by atoms with Gasteiger partial charge in [-0.3, -0.25) is 9.59 Å². The van der Waals surface area contributed by atoms with E-state index in [1.165, 1.54) is 29.4 Å². The number of halogens is 1. The molecule has 1 atom stereocenters. The van der Waals surface area contributed by atoms with Crippen molar-refractivity contribution in [2.75, 3.05) is 20.3 Å². The summed E-state index contributed by atoms with van der Waals surface area (Å²) in [5.74, 6) is -1.36. The van der Waals surface area contributed by atoms with Gasteiger partial charge in [0.1, 0.15) is 11.5 Å². The molecule has 2 heterocycles. The second kappa shape index (κ2) is 9.20. The number of benzene rings is 1. The Morgan fingerprint density at radius 3 is 2.63 bits per heavy atom. The van der Waals surface area contributed by atoms with Crippen molar-refractivity contribution in [1.29, 1.82) is 0 Å². The standard InChI is InChI=1S/C22H24ClNO5S/c1-12(2)29-9-8-24-18(21-13(3)7-10-30-21)17(20(26)22(24)27)19(25)15-11-14(23)5-6-16(15)28-4/h5-7,10-12,18,25H,8-9H2,1-4H3/b19-17+. The Bertz CT molecular complexity index is 997. The van der Waals surface area contributed by atoms with Gasteiger partial charge in [-0.25, -0.2) is 0 Å². The topological polar surface area (TPSA) is 76.1 Å². The molecule has 1 fully saturated rings. The SMILES string of the molecule is COc1ccc(Cl)cc1/C(O)=C1\C(=O)C(=O)N(CCOC(C)C)C1c1sccc1C. The predicted octanol–water partition coefficient (Wildman–Crippen LogP) is 4.57. The lowest BCUT2D eigenvalue weighted by Gasteiger charge is -2.25. The molecule has 0 saturated carbocycles. The Kier molecular flexibility index (Phi) is 6.85. The minimum atomic E-state index is -0.739. The number of thiophene rings is 1. The van der Waals surface area contributed by atoms with Crippen LogP contribution in [0, 0.1) is 6.92 Å². The van der Waals surface area contributed by atoms with E-state index in [4.69, 9.17) is 21.1 Å². The van der Waals surface area contributed by atoms with Crippen LogP contribution in [0.1, 0.15) is 35.9 Å². The molecule has 6 nitrogen and oxygen atoms in total. The molecule has 1 saturated heterocycles. The summed E-state index contributed by atoms with van der Waals surface area (Å²) in [6.07, 6.45) is -0.000493. The molecule has 8 heteroatoms. The van der Waals surface area contributed by atoms with Crippen molar-refractivity contribution in [2.24, 2.45) is 0 Å². The van der Waals surface area contributed by atoms with Crippen LogP contribution in [0.5, 0.6) is 5.75 Å². The Labute approximate surface area is 184 Å². The number of rotatable bonds is 7. The summed E-state index contributed by atoms with van der Waals surface area (Å²) in [7, 11) is 1.46. The van der Waals surface area contributed by atoms with Gasteiger partial charge in [-0.1, -0.05) is 11.6 Å². The number of Topliss-reactive ketones (excluding diaryl/α,β-unsaturated/α-hetero) is 1. The predicted molar refractivity (Wildman–Crippen MR) is 117 cm³/mol. The van der Waals surface area contributed by atoms with Crippen molar-refractivity contribution < 1.29 is 24.2 Å². The maximum Gasteiger partial charge on any atom is 0.295 e. The van der Waals surface area contributed by atoms with Gasteiger partial charge in [0.05, 0.1) is 37.0 Å². The molecule has 1 aliphatic heterocycles. The van der Waals surface area contributed by atoms with E-state index in [2.05, 4.69) is 0 Å². The second-order valence-corrected chi connectivity index (χ2v) is 8.61. The third-order valence-electron chi connectivity index (χ3n) is 4.89. The van der Waals surface area contributed by atoms with E-state index >= 15 is 0 Å². The molecule has 1 aliphatic rings. The van der Waals surface area contributed by atoms with Gasteiger partial charge in [0.15, 0.2) is 0 Å². The van der Waals surface area contributed by atoms with Gasteiger partial charge in [0.2, 0.25) is 0 Å². The number of amides is 1. The van der Waals surface area contributed by atoms with E-state index in [1.54, 1.807) is 12.1 Å². The highest BCUT2D eigenvalue weighted by atomic mass is 35.5. The maximum atomic E-state index is 13.0. The second-order valence-electron chi connectivity index (χ2n) is 7.22. The lowest BCUT2D eigenvalue weighted by molar-refractivity contribution is -0.140. The van der Waals surface area contributed by atoms with E-state index in [0.29, 0.717) is 10.8 Å². The fourth-order valence-corrected chi connectivity index (χ4v) is 4.66. The molecule has 0 aliphatic carbocycles. The monoisotopic (exact) mass is 449 g/mol. The van der Waals surface area contributed by atoms with E-state index in [0.717, 1.165) is 10.4 Å². The Hall–Kier alpha value is -2.35. The smallest absolute Gasteiger partial charge is 0.295 e. The molecule has 1 aromatic heterocycles. The molecule has 2 aromatic rings. The first-order valence-electron chi connectivity index (χ1n) is 9.54. The number of aliphatic hydroxyl groups excluding tert-OH is 1. The highest BCUT2D eigenvalue weighted by molar-refractivity contribution is 7.10. The maximum absolute atomic E-state index is 13.0. The van der Waals surface area contributed by atoms with Crippen LogP contribution in [-0.4, -0.2) is 48.1 Å². The molecule has 3 rings (SSSR count). The summed E-state index contributed by atoms with van der Waals surface area (Å²) in [6, 6.07) is 5.97. The zero-order chi connectivity index (χ0) is 22.0. The average molecular weight is 450 g/mol. The molecule has 0 radical (unpaired) electrons. The van der Waals surface area contributed by atoms with Crippen LogP contribution in [0.25, 0.3) is 5.76 Å². The van der Waals surface area contributed by atoms with Gasteiger partial charge in [0.25, 0.3) is 11.7 Å². The summed E-state index contributed by atoms with van der Waals surface area (Å²) < 4.78 is 10.9. The number of aliphatic hydroxyl groups is 1. The van der Waals surface area contributed by atoms with Crippen LogP contribution >= 0.6 is 22.9 Å². The summed E-state index contributed by atoms with van der Waals surface area (Å²) in [5.41, 5.74) is 1.22. The number of aryl methyl sites for hydroxylation is 1. The summed E-state index contributed by atoms with van der Waals surface area (Å²) >= 11 is 7.55. The molecule has 1 unspecified atom stereocenters. The molecule has 0 spiro atoms. The first-order valence-corrected chi connectivity index (χ1v) is 10.8. The summed E-state index contributed by atoms with van der Waals surface area (Å²) in [6.45, 7) is 6.23. The molecule has 30 heavy (non-hydrogen) atoms. The fourth-order valence-electron chi connectivity index (χ4n) is 3.44. The van der Waals surface area contributed by atoms with Crippen LogP contribution in [0.4, 0.5) is 0 Å². The molecule has 1 amide bonds. The number of ketones is 1. The molecule has 1 N–H and O–H groups in total. The highest BCUT2D eigenvalue weighted by Crippen LogP contribution is 2.43. The first-order chi connectivity index (χ1) is 14.3. The van der Waals surface area contributed by atoms with E-state index in [1.807, 2.05) is 32.2 Å². The van der Waals surface area contributed by atoms with Crippen LogP contribution in [0.15, 0.2) is 35.2 Å². The molecular weight excluding hydrogens is 426 g/mol. The number of likely N-dealkylation sites (tertiary alicyclic amines) is 1. The van der Waals surface area contributed by atoms with Crippen molar-refractivity contribution in [3.8, 4) is 5.75 Å². The Morgan fingerprint density at radius 1 is 1.30 bits per heavy atom. The van der Waals surface area contributed by atoms with Gasteiger partial charge < -0.3 is 19.5 Å². The number of hydrogen-bond donors (Lipinski definition) is 1. The van der Waals surface area contributed by atoms with E-state index in [-0.39, 0.29) is 36.2 Å². The normalized spacial score (nSPS) is 18.5. The summed E-state index contributed by atoms with van der Waals surface area (Å²) in [4.78, 5) is 28.2. The number of carbonyl (C=O) groups excluding carboxylic acids is 2. The van der Waals surface area contributed by atoms with Crippen LogP contribution in [0.2, 0.25) is 5.02 Å². The number of methoxy groups -OCH3 is 1. The van der Waals surface area contributed by atoms with Crippen molar-refractivity contribution >= 4 is 40.4 Å². The van der Waals surface area contributed by atoms with Crippen LogP contribution in [0.3, 0.4) is 0 Å². The van der Waals surface area contributed by atoms with Gasteiger partial charge in [-0.15, -0.1) is 11.3 Å². The Morgan fingerprint density at radius 2 is 2.03 bits per heavy atom. The lowest BCUT2D eigenvalue weighted by atomic mass is 9.98. The fraction of sp³-hybridized carbons (Fsp3) is 0.364. The van der Waals surface area contributed by atoms with Crippen molar-refractivity contribution in [3.05, 3.63) is 56.2 Å². The minimum Gasteiger partial charge on any atom is -0.507 e. The van der Waals surface area contributed by atoms with E-state index < -0.39 is 17.7 Å². The third kappa shape index (κ3) is 4.24. The van der Waals surface area contributed by atoms with Gasteiger partial charge in [-0.05, 0) is 56.0 Å². The Balaban J connectivity index is 2.15. The molecular formula is C22H24ClNO5S. The largest absolute Gasteiger partial charge is 0.507 e. The molecule has 160 valence electrons. The summed E-state index contributed by atoms with van der Waals surface area (Å²) in [5, 5.41) is 13.4. The number of nitrogens with zero attached hydrogens (tertiary/aromatic N) is 1. The zero-order valence-electron chi connectivity index (χ0n) is 17.3. The first kappa shape index (κ1) is 22.3. The minimum absolute atomic E-state index is 0.000493. The quantitative estimate of drug-likeness (QED) is 0.381. The lowest BCUT2D eigenvalue weighted by Crippen LogP contribution is -2.33. The number of carbonyl (C=O) groups is 2. The number of hydrogen-bond acceptors (Lipinski definition) is 6. The van der Waals surface area contributed by atoms with E-state index in [9.17, 15) is 14.7 Å². The van der Waals surface area contributed by atoms with Gasteiger partial charge in [-0.2, -0.15) is 0 Å². The van der Waals surface area contributed by atoms with Gasteiger partial charge >= 0.3 is 0 Å². The zero-order valence-corrected chi connectivity index (χ0v) is 18.8. The van der Waals surface area contributed by atoms with Crippen molar-refractivity contribution in [2.45, 2.75) is 32.9 Å². The highest BCUT2D eigenvalue weighted by Gasteiger charge is 2.47. The van der Waals surface area contributed by atoms with Gasteiger partial charge in [0, 0.05) is 16.4 Å². The molecule has 0 bridgehead atoms.